The maximum Gasteiger partial charge on any atom is 0.255 e. The standard InChI is InChI=1S/C14H17ClFNO2/c15-10-3-1-9(2-4-10)8-17-14(19)12-7-11(16)5-6-13(12)18/h5-7,9-10,18H,1-4,8H2,(H,17,19). The third-order valence-corrected chi connectivity index (χ3v) is 3.97. The third kappa shape index (κ3) is 3.83. The second-order valence-electron chi connectivity index (χ2n) is 4.99. The van der Waals surface area contributed by atoms with E-state index >= 15 is 0 Å². The van der Waals surface area contributed by atoms with Crippen LogP contribution in [0.3, 0.4) is 0 Å². The molecule has 0 aliphatic heterocycles. The quantitative estimate of drug-likeness (QED) is 0.839. The molecule has 0 spiro atoms. The summed E-state index contributed by atoms with van der Waals surface area (Å²) in [5.41, 5.74) is -0.0222. The molecule has 0 heterocycles. The molecule has 2 rings (SSSR count). The Balaban J connectivity index is 1.89. The van der Waals surface area contributed by atoms with Crippen LogP contribution in [0, 0.1) is 11.7 Å². The predicted octanol–water partition coefficient (Wildman–Crippen LogP) is 3.06. The Morgan fingerprint density at radius 1 is 1.37 bits per heavy atom. The Morgan fingerprint density at radius 2 is 2.05 bits per heavy atom. The average molecular weight is 286 g/mol. The van der Waals surface area contributed by atoms with Gasteiger partial charge in [-0.2, -0.15) is 0 Å². The van der Waals surface area contributed by atoms with E-state index in [-0.39, 0.29) is 16.7 Å². The molecule has 104 valence electrons. The van der Waals surface area contributed by atoms with Gasteiger partial charge in [-0.15, -0.1) is 11.6 Å². The number of alkyl halides is 1. The second-order valence-corrected chi connectivity index (χ2v) is 5.61. The van der Waals surface area contributed by atoms with Crippen molar-refractivity contribution in [2.75, 3.05) is 6.54 Å². The van der Waals surface area contributed by atoms with Gasteiger partial charge in [-0.1, -0.05) is 0 Å². The van der Waals surface area contributed by atoms with Crippen LogP contribution >= 0.6 is 11.6 Å². The van der Waals surface area contributed by atoms with E-state index in [2.05, 4.69) is 5.32 Å². The molecule has 0 saturated heterocycles. The first-order valence-corrected chi connectivity index (χ1v) is 6.90. The average Bonchev–Trinajstić information content (AvgIpc) is 2.40. The smallest absolute Gasteiger partial charge is 0.255 e. The number of amides is 1. The van der Waals surface area contributed by atoms with Gasteiger partial charge in [-0.25, -0.2) is 4.39 Å². The van der Waals surface area contributed by atoms with Crippen LogP contribution in [0.15, 0.2) is 18.2 Å². The molecule has 2 N–H and O–H groups in total. The molecule has 1 aliphatic carbocycles. The molecule has 3 nitrogen and oxygen atoms in total. The van der Waals surface area contributed by atoms with Crippen LogP contribution in [0.5, 0.6) is 5.75 Å². The van der Waals surface area contributed by atoms with E-state index in [0.29, 0.717) is 12.5 Å². The summed E-state index contributed by atoms with van der Waals surface area (Å²) in [7, 11) is 0. The van der Waals surface area contributed by atoms with E-state index in [4.69, 9.17) is 11.6 Å². The van der Waals surface area contributed by atoms with Gasteiger partial charge in [-0.3, -0.25) is 4.79 Å². The highest BCUT2D eigenvalue weighted by Crippen LogP contribution is 2.27. The van der Waals surface area contributed by atoms with E-state index in [1.54, 1.807) is 0 Å². The number of carbonyl (C=O) groups is 1. The number of phenols is 1. The number of nitrogens with one attached hydrogen (secondary N) is 1. The lowest BCUT2D eigenvalue weighted by Crippen LogP contribution is -2.31. The van der Waals surface area contributed by atoms with E-state index < -0.39 is 11.7 Å². The van der Waals surface area contributed by atoms with Crippen molar-refractivity contribution in [2.45, 2.75) is 31.1 Å². The molecule has 1 fully saturated rings. The fourth-order valence-electron chi connectivity index (χ4n) is 2.35. The lowest BCUT2D eigenvalue weighted by molar-refractivity contribution is 0.0940. The maximum atomic E-state index is 13.0. The largest absolute Gasteiger partial charge is 0.507 e. The van der Waals surface area contributed by atoms with Crippen LogP contribution in [0.2, 0.25) is 0 Å². The van der Waals surface area contributed by atoms with E-state index in [9.17, 15) is 14.3 Å². The van der Waals surface area contributed by atoms with Crippen molar-refractivity contribution in [1.29, 1.82) is 0 Å². The van der Waals surface area contributed by atoms with Crippen molar-refractivity contribution in [3.63, 3.8) is 0 Å². The second kappa shape index (κ2) is 6.24. The third-order valence-electron chi connectivity index (χ3n) is 3.53. The highest BCUT2D eigenvalue weighted by molar-refractivity contribution is 6.20. The van der Waals surface area contributed by atoms with Crippen molar-refractivity contribution >= 4 is 17.5 Å². The molecule has 1 aliphatic rings. The van der Waals surface area contributed by atoms with Crippen LogP contribution in [0.25, 0.3) is 0 Å². The lowest BCUT2D eigenvalue weighted by Gasteiger charge is -2.25. The molecule has 1 aromatic rings. The van der Waals surface area contributed by atoms with Crippen molar-refractivity contribution < 1.29 is 14.3 Å². The zero-order valence-corrected chi connectivity index (χ0v) is 11.3. The molecule has 0 unspecified atom stereocenters. The Kier molecular flexibility index (Phi) is 4.64. The van der Waals surface area contributed by atoms with E-state index in [1.807, 2.05) is 0 Å². The Hall–Kier alpha value is -1.29. The van der Waals surface area contributed by atoms with Crippen LogP contribution in [0.1, 0.15) is 36.0 Å². The van der Waals surface area contributed by atoms with Crippen molar-refractivity contribution in [2.24, 2.45) is 5.92 Å². The first-order chi connectivity index (χ1) is 9.06. The summed E-state index contributed by atoms with van der Waals surface area (Å²) in [4.78, 5) is 11.9. The molecule has 1 saturated carbocycles. The van der Waals surface area contributed by atoms with Crippen molar-refractivity contribution in [3.05, 3.63) is 29.6 Å². The van der Waals surface area contributed by atoms with Gasteiger partial charge >= 0.3 is 0 Å². The molecule has 5 heteroatoms. The monoisotopic (exact) mass is 285 g/mol. The van der Waals surface area contributed by atoms with Crippen LogP contribution in [-0.2, 0) is 0 Å². The predicted molar refractivity (Wildman–Crippen MR) is 72.0 cm³/mol. The SMILES string of the molecule is O=C(NCC1CCC(Cl)CC1)c1cc(F)ccc1O. The van der Waals surface area contributed by atoms with Crippen molar-refractivity contribution in [1.82, 2.24) is 5.32 Å². The summed E-state index contributed by atoms with van der Waals surface area (Å²) in [6.07, 6.45) is 3.91. The molecule has 0 bridgehead atoms. The van der Waals surface area contributed by atoms with E-state index in [1.165, 1.54) is 6.07 Å². The van der Waals surface area contributed by atoms with Crippen molar-refractivity contribution in [3.8, 4) is 5.75 Å². The Bertz CT molecular complexity index is 459. The summed E-state index contributed by atoms with van der Waals surface area (Å²) in [6, 6.07) is 3.34. The van der Waals surface area contributed by atoms with E-state index in [0.717, 1.165) is 37.8 Å². The minimum absolute atomic E-state index is 0.0222. The van der Waals surface area contributed by atoms with Gasteiger partial charge in [0, 0.05) is 11.9 Å². The summed E-state index contributed by atoms with van der Waals surface area (Å²) in [6.45, 7) is 0.540. The zero-order valence-electron chi connectivity index (χ0n) is 10.5. The summed E-state index contributed by atoms with van der Waals surface area (Å²) >= 11 is 6.02. The topological polar surface area (TPSA) is 49.3 Å². The number of benzene rings is 1. The van der Waals surface area contributed by atoms with Crippen LogP contribution < -0.4 is 5.32 Å². The number of halogens is 2. The number of aromatic hydroxyl groups is 1. The number of hydrogen-bond acceptors (Lipinski definition) is 2. The zero-order chi connectivity index (χ0) is 13.8. The molecule has 0 radical (unpaired) electrons. The molecular formula is C14H17ClFNO2. The molecule has 1 aromatic carbocycles. The number of phenolic OH excluding ortho intramolecular Hbond substituents is 1. The maximum absolute atomic E-state index is 13.0. The van der Waals surface area contributed by atoms with Gasteiger partial charge in [0.25, 0.3) is 5.91 Å². The highest BCUT2D eigenvalue weighted by atomic mass is 35.5. The van der Waals surface area contributed by atoms with Gasteiger partial charge in [-0.05, 0) is 49.8 Å². The number of hydrogen-bond donors (Lipinski definition) is 2. The molecule has 1 amide bonds. The molecule has 19 heavy (non-hydrogen) atoms. The van der Waals surface area contributed by atoms with Gasteiger partial charge in [0.05, 0.1) is 5.56 Å². The highest BCUT2D eigenvalue weighted by Gasteiger charge is 2.20. The molecule has 0 aromatic heterocycles. The molecular weight excluding hydrogens is 269 g/mol. The number of carbonyl (C=O) groups excluding carboxylic acids is 1. The number of rotatable bonds is 3. The summed E-state index contributed by atoms with van der Waals surface area (Å²) in [5.74, 6) is -0.770. The normalized spacial score (nSPS) is 23.1. The fraction of sp³-hybridized carbons (Fsp3) is 0.500. The summed E-state index contributed by atoms with van der Waals surface area (Å²) < 4.78 is 13.0. The van der Waals surface area contributed by atoms with Crippen LogP contribution in [0.4, 0.5) is 4.39 Å². The van der Waals surface area contributed by atoms with Gasteiger partial charge in [0.1, 0.15) is 11.6 Å². The van der Waals surface area contributed by atoms with Gasteiger partial charge in [0.15, 0.2) is 0 Å². The summed E-state index contributed by atoms with van der Waals surface area (Å²) in [5, 5.41) is 12.5. The first-order valence-electron chi connectivity index (χ1n) is 6.47. The van der Waals surface area contributed by atoms with Gasteiger partial charge in [0.2, 0.25) is 0 Å². The first kappa shape index (κ1) is 14.1. The van der Waals surface area contributed by atoms with Crippen LogP contribution in [-0.4, -0.2) is 22.9 Å². The minimum Gasteiger partial charge on any atom is -0.507 e. The minimum atomic E-state index is -0.536. The molecule has 0 atom stereocenters. The fourth-order valence-corrected chi connectivity index (χ4v) is 2.60. The Labute approximate surface area is 116 Å². The van der Waals surface area contributed by atoms with Gasteiger partial charge < -0.3 is 10.4 Å². The Morgan fingerprint density at radius 3 is 2.74 bits per heavy atom. The lowest BCUT2D eigenvalue weighted by atomic mass is 9.89.